The van der Waals surface area contributed by atoms with Gasteiger partial charge >= 0.3 is 39.5 Å². The molecule has 0 aromatic heterocycles. The molecule has 0 aromatic carbocycles. The molecule has 3 unspecified atom stereocenters. The van der Waals surface area contributed by atoms with Gasteiger partial charge in [-0.15, -0.1) is 0 Å². The fourth-order valence-electron chi connectivity index (χ4n) is 12.6. The molecule has 0 amide bonds. The lowest BCUT2D eigenvalue weighted by molar-refractivity contribution is -0.161. The van der Waals surface area contributed by atoms with Crippen LogP contribution in [0.2, 0.25) is 0 Å². The molecule has 594 valence electrons. The minimum Gasteiger partial charge on any atom is -0.462 e. The first-order chi connectivity index (χ1) is 48.7. The van der Waals surface area contributed by atoms with Crippen LogP contribution >= 0.6 is 15.6 Å². The summed E-state index contributed by atoms with van der Waals surface area (Å²) in [6, 6.07) is 0. The molecular weight excluding hydrogens is 1310 g/mol. The largest absolute Gasteiger partial charge is 0.472 e. The Hall–Kier alpha value is -1.94. The SMILES string of the molecule is CCCCCCCCCCCCCCCCCCCCCC(=O)OC[C@H](COP(=O)(O)OCC(O)COP(=O)(O)OC[C@@H](COC(=O)CCCCCCCCCCCCC)OC(=O)CCCCCCCCCCCCC)OC(=O)CCCCCCCCCCCCCCCCCCCCC. The van der Waals surface area contributed by atoms with Gasteiger partial charge in [-0.25, -0.2) is 9.13 Å². The number of carbonyl (C=O) groups excluding carboxylic acids is 4. The van der Waals surface area contributed by atoms with E-state index in [-0.39, 0.29) is 25.7 Å². The Morgan fingerprint density at radius 1 is 0.240 bits per heavy atom. The molecule has 0 fully saturated rings. The fraction of sp³-hybridized carbons (Fsp3) is 0.951. The quantitative estimate of drug-likeness (QED) is 0.0222. The summed E-state index contributed by atoms with van der Waals surface area (Å²) >= 11 is 0. The van der Waals surface area contributed by atoms with Gasteiger partial charge in [0, 0.05) is 25.7 Å². The van der Waals surface area contributed by atoms with E-state index in [1.54, 1.807) is 0 Å². The molecule has 0 saturated carbocycles. The molecule has 0 heterocycles. The number of esters is 4. The van der Waals surface area contributed by atoms with Crippen LogP contribution in [0.3, 0.4) is 0 Å². The van der Waals surface area contributed by atoms with Gasteiger partial charge in [0.2, 0.25) is 0 Å². The second kappa shape index (κ2) is 75.3. The zero-order valence-corrected chi connectivity index (χ0v) is 67.0. The molecule has 0 saturated heterocycles. The Kier molecular flexibility index (Phi) is 73.8. The van der Waals surface area contributed by atoms with Crippen LogP contribution in [0.15, 0.2) is 0 Å². The molecule has 17 nitrogen and oxygen atoms in total. The minimum absolute atomic E-state index is 0.108. The molecule has 0 aliphatic heterocycles. The third-order valence-electron chi connectivity index (χ3n) is 19.1. The van der Waals surface area contributed by atoms with Crippen molar-refractivity contribution in [1.29, 1.82) is 0 Å². The van der Waals surface area contributed by atoms with Crippen LogP contribution in [-0.4, -0.2) is 96.7 Å². The van der Waals surface area contributed by atoms with Crippen molar-refractivity contribution < 1.29 is 80.2 Å². The standard InChI is InChI=1S/C81H158O17P2/c1-5-9-13-17-21-25-29-31-33-35-37-39-41-43-47-50-54-58-62-66-79(84)92-72-77(98-81(86)68-64-60-56-52-48-44-42-40-38-36-34-32-30-26-22-18-14-10-6-2)74-96-100(89,90)94-70-75(82)69-93-99(87,88)95-73-76(97-80(85)67-63-59-55-51-46-28-24-20-16-12-8-4)71-91-78(83)65-61-57-53-49-45-27-23-19-15-11-7-3/h75-77,82H,5-74H2,1-4H3,(H,87,88)(H,89,90)/t75?,76-,77-/m1/s1. The molecule has 0 aromatic rings. The Morgan fingerprint density at radius 3 is 0.590 bits per heavy atom. The van der Waals surface area contributed by atoms with Gasteiger partial charge in [0.05, 0.1) is 26.4 Å². The Bertz CT molecular complexity index is 1890. The molecule has 0 aliphatic carbocycles. The number of carbonyl (C=O) groups is 4. The van der Waals surface area contributed by atoms with Gasteiger partial charge in [0.25, 0.3) is 0 Å². The van der Waals surface area contributed by atoms with E-state index in [1.165, 1.54) is 270 Å². The van der Waals surface area contributed by atoms with Crippen LogP contribution in [0.1, 0.15) is 439 Å². The monoisotopic (exact) mass is 1470 g/mol. The van der Waals surface area contributed by atoms with E-state index in [1.807, 2.05) is 0 Å². The van der Waals surface area contributed by atoms with Gasteiger partial charge in [0.15, 0.2) is 12.2 Å². The number of aliphatic hydroxyl groups is 1. The van der Waals surface area contributed by atoms with Crippen molar-refractivity contribution >= 4 is 39.5 Å². The van der Waals surface area contributed by atoms with Crippen molar-refractivity contribution in [2.45, 2.75) is 457 Å². The van der Waals surface area contributed by atoms with Gasteiger partial charge in [0.1, 0.15) is 19.3 Å². The number of unbranched alkanes of at least 4 members (excludes halogenated alkanes) is 56. The average molecular weight is 1470 g/mol. The van der Waals surface area contributed by atoms with Crippen LogP contribution in [0.25, 0.3) is 0 Å². The topological polar surface area (TPSA) is 237 Å². The first-order valence-electron chi connectivity index (χ1n) is 42.3. The van der Waals surface area contributed by atoms with Crippen LogP contribution in [0.4, 0.5) is 0 Å². The minimum atomic E-state index is -4.96. The number of rotatable bonds is 82. The maximum atomic E-state index is 13.1. The first-order valence-corrected chi connectivity index (χ1v) is 45.3. The number of phosphoric acid groups is 2. The molecule has 100 heavy (non-hydrogen) atoms. The molecule has 0 bridgehead atoms. The maximum absolute atomic E-state index is 13.1. The number of aliphatic hydroxyl groups excluding tert-OH is 1. The molecule has 3 N–H and O–H groups in total. The highest BCUT2D eigenvalue weighted by atomic mass is 31.2. The van der Waals surface area contributed by atoms with E-state index in [0.29, 0.717) is 25.7 Å². The highest BCUT2D eigenvalue weighted by Crippen LogP contribution is 2.45. The van der Waals surface area contributed by atoms with E-state index < -0.39 is 97.5 Å². The predicted molar refractivity (Wildman–Crippen MR) is 409 cm³/mol. The van der Waals surface area contributed by atoms with Gasteiger partial charge in [-0.3, -0.25) is 37.3 Å². The highest BCUT2D eigenvalue weighted by Gasteiger charge is 2.30. The van der Waals surface area contributed by atoms with Crippen molar-refractivity contribution in [3.05, 3.63) is 0 Å². The summed E-state index contributed by atoms with van der Waals surface area (Å²) in [6.07, 6.45) is 68.0. The zero-order chi connectivity index (χ0) is 73.2. The lowest BCUT2D eigenvalue weighted by atomic mass is 10.0. The predicted octanol–water partition coefficient (Wildman–Crippen LogP) is 24.6. The molecule has 0 rings (SSSR count). The second-order valence-corrected chi connectivity index (χ2v) is 32.1. The molecule has 0 aliphatic rings. The van der Waals surface area contributed by atoms with Crippen LogP contribution in [-0.2, 0) is 65.4 Å². The average Bonchev–Trinajstić information content (AvgIpc) is 1.06. The van der Waals surface area contributed by atoms with Crippen LogP contribution in [0, 0.1) is 0 Å². The summed E-state index contributed by atoms with van der Waals surface area (Å²) in [7, 11) is -9.91. The van der Waals surface area contributed by atoms with Gasteiger partial charge in [-0.2, -0.15) is 0 Å². The zero-order valence-electron chi connectivity index (χ0n) is 65.2. The first kappa shape index (κ1) is 98.1. The summed E-state index contributed by atoms with van der Waals surface area (Å²) in [6.45, 7) is 5.02. The highest BCUT2D eigenvalue weighted by molar-refractivity contribution is 7.47. The van der Waals surface area contributed by atoms with E-state index in [9.17, 15) is 43.2 Å². The van der Waals surface area contributed by atoms with E-state index in [0.717, 1.165) is 89.9 Å². The molecule has 0 radical (unpaired) electrons. The maximum Gasteiger partial charge on any atom is 0.472 e. The Balaban J connectivity index is 5.21. The molecular formula is C81H158O17P2. The summed E-state index contributed by atoms with van der Waals surface area (Å²) in [5, 5.41) is 10.6. The van der Waals surface area contributed by atoms with Crippen molar-refractivity contribution in [2.75, 3.05) is 39.6 Å². The number of hydrogen-bond acceptors (Lipinski definition) is 15. The Labute approximate surface area is 613 Å². The molecule has 19 heteroatoms. The second-order valence-electron chi connectivity index (χ2n) is 29.2. The van der Waals surface area contributed by atoms with Crippen LogP contribution < -0.4 is 0 Å². The van der Waals surface area contributed by atoms with Crippen molar-refractivity contribution in [3.8, 4) is 0 Å². The van der Waals surface area contributed by atoms with E-state index >= 15 is 0 Å². The van der Waals surface area contributed by atoms with Crippen LogP contribution in [0.5, 0.6) is 0 Å². The number of phosphoric ester groups is 2. The fourth-order valence-corrected chi connectivity index (χ4v) is 14.2. The lowest BCUT2D eigenvalue weighted by Gasteiger charge is -2.21. The van der Waals surface area contributed by atoms with Gasteiger partial charge < -0.3 is 33.8 Å². The smallest absolute Gasteiger partial charge is 0.462 e. The number of hydrogen-bond donors (Lipinski definition) is 3. The van der Waals surface area contributed by atoms with Gasteiger partial charge in [-0.05, 0) is 25.7 Å². The summed E-state index contributed by atoms with van der Waals surface area (Å²) in [5.74, 6) is -2.10. The molecule has 5 atom stereocenters. The third kappa shape index (κ3) is 74.3. The number of ether oxygens (including phenoxy) is 4. The van der Waals surface area contributed by atoms with Gasteiger partial charge in [-0.1, -0.05) is 387 Å². The summed E-state index contributed by atoms with van der Waals surface area (Å²) in [5.41, 5.74) is 0. The van der Waals surface area contributed by atoms with Crippen molar-refractivity contribution in [1.82, 2.24) is 0 Å². The summed E-state index contributed by atoms with van der Waals surface area (Å²) < 4.78 is 68.7. The third-order valence-corrected chi connectivity index (χ3v) is 21.0. The molecule has 0 spiro atoms. The van der Waals surface area contributed by atoms with Crippen molar-refractivity contribution in [2.24, 2.45) is 0 Å². The van der Waals surface area contributed by atoms with E-state index in [4.69, 9.17) is 37.0 Å². The normalized spacial score (nSPS) is 13.8. The summed E-state index contributed by atoms with van der Waals surface area (Å²) in [4.78, 5) is 73.0. The van der Waals surface area contributed by atoms with Crippen molar-refractivity contribution in [3.63, 3.8) is 0 Å². The lowest BCUT2D eigenvalue weighted by Crippen LogP contribution is -2.30. The Morgan fingerprint density at radius 2 is 0.400 bits per heavy atom. The van der Waals surface area contributed by atoms with E-state index in [2.05, 4.69) is 27.7 Å².